The first-order chi connectivity index (χ1) is 12.3. The highest BCUT2D eigenvalue weighted by Gasteiger charge is 2.15. The molecule has 0 unspecified atom stereocenters. The fourth-order valence-electron chi connectivity index (χ4n) is 3.26. The van der Waals surface area contributed by atoms with Gasteiger partial charge in [-0.1, -0.05) is 84.5 Å². The van der Waals surface area contributed by atoms with E-state index in [0.717, 1.165) is 39.3 Å². The molecule has 1 saturated heterocycles. The number of hydrogen-bond acceptors (Lipinski definition) is 2. The van der Waals surface area contributed by atoms with E-state index in [1.807, 2.05) is 0 Å². The normalized spacial score (nSPS) is 17.2. The Hall–Kier alpha value is -2.16. The van der Waals surface area contributed by atoms with Gasteiger partial charge < -0.3 is 0 Å². The summed E-state index contributed by atoms with van der Waals surface area (Å²) in [6.45, 7) is 8.96. The maximum Gasteiger partial charge on any atom is 0.0194 e. The van der Waals surface area contributed by atoms with Crippen molar-refractivity contribution >= 4 is 12.2 Å². The minimum atomic E-state index is 1.04. The lowest BCUT2D eigenvalue weighted by atomic mass is 10.1. The molecule has 0 aromatic heterocycles. The Balaban J connectivity index is 1.41. The standard InChI is InChI=1S/C23H28N2/c1-21(19-23-11-6-3-7-12-23)20-25-17-15-24(16-18-25)14-8-13-22-9-4-2-5-10-22/h2-13,19H,14-18,20H2,1H3. The van der Waals surface area contributed by atoms with E-state index in [2.05, 4.69) is 95.6 Å². The fourth-order valence-corrected chi connectivity index (χ4v) is 3.26. The van der Waals surface area contributed by atoms with Gasteiger partial charge in [0.2, 0.25) is 0 Å². The summed E-state index contributed by atoms with van der Waals surface area (Å²) in [7, 11) is 0. The zero-order valence-corrected chi connectivity index (χ0v) is 15.1. The molecule has 2 heteroatoms. The first kappa shape index (κ1) is 17.7. The van der Waals surface area contributed by atoms with Gasteiger partial charge >= 0.3 is 0 Å². The molecule has 0 bridgehead atoms. The van der Waals surface area contributed by atoms with Crippen molar-refractivity contribution < 1.29 is 0 Å². The zero-order chi connectivity index (χ0) is 17.3. The van der Waals surface area contributed by atoms with E-state index in [4.69, 9.17) is 0 Å². The minimum absolute atomic E-state index is 1.04. The second-order valence-electron chi connectivity index (χ2n) is 6.79. The summed E-state index contributed by atoms with van der Waals surface area (Å²) in [6, 6.07) is 21.1. The number of rotatable bonds is 6. The highest BCUT2D eigenvalue weighted by molar-refractivity contribution is 5.52. The van der Waals surface area contributed by atoms with Gasteiger partial charge in [0.25, 0.3) is 0 Å². The van der Waals surface area contributed by atoms with Gasteiger partial charge in [-0.15, -0.1) is 0 Å². The summed E-state index contributed by atoms with van der Waals surface area (Å²) in [6.07, 6.45) is 6.81. The molecule has 2 aromatic rings. The molecule has 0 spiro atoms. The van der Waals surface area contributed by atoms with E-state index >= 15 is 0 Å². The van der Waals surface area contributed by atoms with Crippen molar-refractivity contribution in [3.05, 3.63) is 83.4 Å². The maximum absolute atomic E-state index is 2.56. The van der Waals surface area contributed by atoms with E-state index in [-0.39, 0.29) is 0 Å². The molecule has 3 rings (SSSR count). The fraction of sp³-hybridized carbons (Fsp3) is 0.304. The predicted molar refractivity (Wildman–Crippen MR) is 108 cm³/mol. The molecule has 0 saturated carbocycles. The molecule has 1 aliphatic heterocycles. The molecule has 1 heterocycles. The lowest BCUT2D eigenvalue weighted by Gasteiger charge is -2.34. The van der Waals surface area contributed by atoms with Gasteiger partial charge in [-0.25, -0.2) is 0 Å². The Morgan fingerprint density at radius 1 is 0.800 bits per heavy atom. The predicted octanol–water partition coefficient (Wildman–Crippen LogP) is 4.42. The smallest absolute Gasteiger partial charge is 0.0194 e. The van der Waals surface area contributed by atoms with Crippen LogP contribution in [0.3, 0.4) is 0 Å². The van der Waals surface area contributed by atoms with Crippen molar-refractivity contribution in [1.29, 1.82) is 0 Å². The zero-order valence-electron chi connectivity index (χ0n) is 15.1. The van der Waals surface area contributed by atoms with Crippen LogP contribution in [0, 0.1) is 0 Å². The first-order valence-corrected chi connectivity index (χ1v) is 9.18. The second kappa shape index (κ2) is 9.36. The van der Waals surface area contributed by atoms with Crippen molar-refractivity contribution in [2.24, 2.45) is 0 Å². The van der Waals surface area contributed by atoms with Crippen molar-refractivity contribution in [2.45, 2.75) is 6.92 Å². The molecule has 0 aliphatic carbocycles. The Morgan fingerprint density at radius 3 is 2.00 bits per heavy atom. The van der Waals surface area contributed by atoms with Gasteiger partial charge in [0.1, 0.15) is 0 Å². The van der Waals surface area contributed by atoms with E-state index < -0.39 is 0 Å². The minimum Gasteiger partial charge on any atom is -0.297 e. The van der Waals surface area contributed by atoms with Gasteiger partial charge in [-0.3, -0.25) is 9.80 Å². The van der Waals surface area contributed by atoms with Gasteiger partial charge in [0, 0.05) is 39.3 Å². The summed E-state index contributed by atoms with van der Waals surface area (Å²) in [4.78, 5) is 5.10. The summed E-state index contributed by atoms with van der Waals surface area (Å²) < 4.78 is 0. The van der Waals surface area contributed by atoms with Crippen molar-refractivity contribution in [2.75, 3.05) is 39.3 Å². The molecule has 0 amide bonds. The second-order valence-corrected chi connectivity index (χ2v) is 6.79. The lowest BCUT2D eigenvalue weighted by molar-refractivity contribution is 0.152. The number of nitrogens with zero attached hydrogens (tertiary/aromatic N) is 2. The highest BCUT2D eigenvalue weighted by atomic mass is 15.3. The molecule has 1 fully saturated rings. The molecule has 0 radical (unpaired) electrons. The number of piperazine rings is 1. The van der Waals surface area contributed by atoms with Crippen LogP contribution in [0.2, 0.25) is 0 Å². The molecule has 1 aliphatic rings. The van der Waals surface area contributed by atoms with Crippen LogP contribution in [0.15, 0.2) is 72.3 Å². The summed E-state index contributed by atoms with van der Waals surface area (Å²) in [5, 5.41) is 0. The molecule has 25 heavy (non-hydrogen) atoms. The highest BCUT2D eigenvalue weighted by Crippen LogP contribution is 2.10. The van der Waals surface area contributed by atoms with E-state index in [0.29, 0.717) is 0 Å². The van der Waals surface area contributed by atoms with Crippen LogP contribution in [-0.2, 0) is 0 Å². The molecule has 130 valence electrons. The van der Waals surface area contributed by atoms with E-state index in [1.165, 1.54) is 16.7 Å². The van der Waals surface area contributed by atoms with Crippen LogP contribution >= 0.6 is 0 Å². The van der Waals surface area contributed by atoms with Crippen LogP contribution in [0.4, 0.5) is 0 Å². The monoisotopic (exact) mass is 332 g/mol. The van der Waals surface area contributed by atoms with Crippen molar-refractivity contribution in [1.82, 2.24) is 9.80 Å². The largest absolute Gasteiger partial charge is 0.297 e. The summed E-state index contributed by atoms with van der Waals surface area (Å²) in [5.74, 6) is 0. The van der Waals surface area contributed by atoms with Gasteiger partial charge in [-0.05, 0) is 18.1 Å². The third-order valence-electron chi connectivity index (χ3n) is 4.62. The van der Waals surface area contributed by atoms with Crippen LogP contribution < -0.4 is 0 Å². The summed E-state index contributed by atoms with van der Waals surface area (Å²) in [5.41, 5.74) is 4.01. The quantitative estimate of drug-likeness (QED) is 0.772. The Bertz CT molecular complexity index is 681. The number of benzene rings is 2. The molecular formula is C23H28N2. The topological polar surface area (TPSA) is 6.48 Å². The summed E-state index contributed by atoms with van der Waals surface area (Å²) >= 11 is 0. The lowest BCUT2D eigenvalue weighted by Crippen LogP contribution is -2.46. The number of hydrogen-bond donors (Lipinski definition) is 0. The average molecular weight is 332 g/mol. The molecule has 2 aromatic carbocycles. The molecule has 0 N–H and O–H groups in total. The van der Waals surface area contributed by atoms with Crippen molar-refractivity contribution in [3.8, 4) is 0 Å². The van der Waals surface area contributed by atoms with Crippen LogP contribution in [-0.4, -0.2) is 49.1 Å². The van der Waals surface area contributed by atoms with Crippen LogP contribution in [0.25, 0.3) is 12.2 Å². The molecular weight excluding hydrogens is 304 g/mol. The molecule has 0 atom stereocenters. The third kappa shape index (κ3) is 6.00. The third-order valence-corrected chi connectivity index (χ3v) is 4.62. The Labute approximate surface area is 152 Å². The van der Waals surface area contributed by atoms with Crippen LogP contribution in [0.1, 0.15) is 18.1 Å². The maximum atomic E-state index is 2.56. The van der Waals surface area contributed by atoms with Gasteiger partial charge in [-0.2, -0.15) is 0 Å². The van der Waals surface area contributed by atoms with Crippen LogP contribution in [0.5, 0.6) is 0 Å². The molecule has 2 nitrogen and oxygen atoms in total. The van der Waals surface area contributed by atoms with Crippen molar-refractivity contribution in [3.63, 3.8) is 0 Å². The van der Waals surface area contributed by atoms with E-state index in [1.54, 1.807) is 0 Å². The van der Waals surface area contributed by atoms with Gasteiger partial charge in [0.05, 0.1) is 0 Å². The van der Waals surface area contributed by atoms with Gasteiger partial charge in [0.15, 0.2) is 0 Å². The average Bonchev–Trinajstić information content (AvgIpc) is 2.65. The SMILES string of the molecule is CC(=Cc1ccccc1)CN1CCN(CC=Cc2ccccc2)CC1. The Kier molecular flexibility index (Phi) is 6.61. The first-order valence-electron chi connectivity index (χ1n) is 9.18. The van der Waals surface area contributed by atoms with E-state index in [9.17, 15) is 0 Å². The Morgan fingerprint density at radius 2 is 1.36 bits per heavy atom.